The molecule has 3 fully saturated rings. The molecule has 3 aromatic rings. The van der Waals surface area contributed by atoms with Gasteiger partial charge in [-0.15, -0.1) is 0 Å². The van der Waals surface area contributed by atoms with E-state index in [9.17, 15) is 0 Å². The molecule has 308 valence electrons. The van der Waals surface area contributed by atoms with E-state index in [4.69, 9.17) is 46.1 Å². The summed E-state index contributed by atoms with van der Waals surface area (Å²) in [5, 5.41) is 0. The fourth-order valence-electron chi connectivity index (χ4n) is 8.31. The summed E-state index contributed by atoms with van der Waals surface area (Å²) in [4.78, 5) is 0. The second-order valence-corrected chi connectivity index (χ2v) is 25.3. The topological polar surface area (TPSA) is 92.3 Å². The minimum Gasteiger partial charge on any atom is -0.414 e. The summed E-state index contributed by atoms with van der Waals surface area (Å²) >= 11 is 0. The van der Waals surface area contributed by atoms with Crippen LogP contribution >= 0.6 is 0 Å². The van der Waals surface area contributed by atoms with Gasteiger partial charge in [-0.2, -0.15) is 0 Å². The molecule has 0 amide bonds. The van der Waals surface area contributed by atoms with Crippen LogP contribution in [0, 0.1) is 0 Å². The van der Waals surface area contributed by atoms with Crippen molar-refractivity contribution in [1.82, 2.24) is 0 Å². The third-order valence-electron chi connectivity index (χ3n) is 11.4. The van der Waals surface area contributed by atoms with Gasteiger partial charge < -0.3 is 46.1 Å². The molecule has 0 saturated carbocycles. The maximum Gasteiger partial charge on any atom is 0.335 e. The van der Waals surface area contributed by atoms with E-state index in [0.717, 1.165) is 16.7 Å². The normalized spacial score (nSPS) is 28.9. The largest absolute Gasteiger partial charge is 0.414 e. The Balaban J connectivity index is 1.32. The molecule has 0 N–H and O–H groups in total. The van der Waals surface area contributed by atoms with Gasteiger partial charge in [0.05, 0.1) is 33.0 Å². The molecule has 6 rings (SSSR count). The summed E-state index contributed by atoms with van der Waals surface area (Å²) in [6.45, 7) is 19.4. The van der Waals surface area contributed by atoms with E-state index in [2.05, 4.69) is 67.5 Å². The maximum absolute atomic E-state index is 7.49. The van der Waals surface area contributed by atoms with Crippen molar-refractivity contribution in [3.8, 4) is 0 Å². The number of benzene rings is 3. The Kier molecular flexibility index (Phi) is 15.2. The first-order valence-corrected chi connectivity index (χ1v) is 24.4. The van der Waals surface area contributed by atoms with Crippen LogP contribution in [0.2, 0.25) is 22.2 Å². The summed E-state index contributed by atoms with van der Waals surface area (Å²) in [5.74, 6) is 0. The molecular formula is C44H64O10Si2. The molecule has 0 spiro atoms. The van der Waals surface area contributed by atoms with Crippen molar-refractivity contribution in [2.75, 3.05) is 20.3 Å². The molecule has 3 saturated heterocycles. The summed E-state index contributed by atoms with van der Waals surface area (Å²) in [6, 6.07) is 30.3. The minimum atomic E-state index is -3.01. The smallest absolute Gasteiger partial charge is 0.335 e. The van der Waals surface area contributed by atoms with Gasteiger partial charge in [0, 0.05) is 7.11 Å². The molecule has 0 aliphatic carbocycles. The number of rotatable bonds is 17. The number of methoxy groups -OCH3 is 1. The van der Waals surface area contributed by atoms with Gasteiger partial charge in [-0.3, -0.25) is 0 Å². The fourth-order valence-corrected chi connectivity index (χ4v) is 19.5. The molecule has 3 aliphatic rings. The highest BCUT2D eigenvalue weighted by atomic mass is 28.5. The zero-order valence-electron chi connectivity index (χ0n) is 34.7. The summed E-state index contributed by atoms with van der Waals surface area (Å²) in [7, 11) is -4.15. The minimum absolute atomic E-state index is 0.128. The van der Waals surface area contributed by atoms with E-state index < -0.39 is 66.3 Å². The first-order valence-electron chi connectivity index (χ1n) is 20.4. The third kappa shape index (κ3) is 9.76. The second kappa shape index (κ2) is 19.6. The quantitative estimate of drug-likeness (QED) is 0.123. The molecule has 0 aromatic heterocycles. The van der Waals surface area contributed by atoms with Crippen LogP contribution in [0.4, 0.5) is 0 Å². The van der Waals surface area contributed by atoms with Gasteiger partial charge in [0.15, 0.2) is 12.6 Å². The van der Waals surface area contributed by atoms with Crippen molar-refractivity contribution < 1.29 is 46.1 Å². The highest BCUT2D eigenvalue weighted by Gasteiger charge is 2.63. The first kappa shape index (κ1) is 43.3. The fraction of sp³-hybridized carbons (Fsp3) is 0.591. The highest BCUT2D eigenvalue weighted by molar-refractivity contribution is 6.84. The Morgan fingerprint density at radius 1 is 0.589 bits per heavy atom. The molecule has 56 heavy (non-hydrogen) atoms. The Hall–Kier alpha value is -2.31. The molecule has 12 heteroatoms. The number of hydrogen-bond donors (Lipinski definition) is 0. The third-order valence-corrected chi connectivity index (χ3v) is 21.6. The lowest BCUT2D eigenvalue weighted by atomic mass is 10.1. The van der Waals surface area contributed by atoms with Gasteiger partial charge in [0.25, 0.3) is 0 Å². The highest BCUT2D eigenvalue weighted by Crippen LogP contribution is 2.48. The molecule has 3 heterocycles. The molecule has 0 unspecified atom stereocenters. The lowest BCUT2D eigenvalue weighted by Gasteiger charge is -2.51. The van der Waals surface area contributed by atoms with Crippen molar-refractivity contribution in [3.63, 3.8) is 0 Å². The van der Waals surface area contributed by atoms with E-state index in [0.29, 0.717) is 26.4 Å². The standard InChI is InChI=1S/C44H64O10Si2/c1-30(2)55(31(3)4)49-29-38-40(53-56(54-55,32(5)6)33(7)8)42(43(45-9)50-38)52-44-41(48-27-36-23-17-12-18-24-36)39(47-26-35-21-15-11-16-22-35)37(51-44)28-46-25-34-19-13-10-14-20-34/h10-24,30-33,37-44H,25-29H2,1-9H3/t37-,38-,39-,40-,41+,42+,43+,44+/m1/s1. The van der Waals surface area contributed by atoms with E-state index in [1.54, 1.807) is 7.11 Å². The number of hydrogen-bond acceptors (Lipinski definition) is 10. The van der Waals surface area contributed by atoms with Gasteiger partial charge in [-0.05, 0) is 38.9 Å². The first-order chi connectivity index (χ1) is 27.0. The van der Waals surface area contributed by atoms with E-state index in [1.807, 2.05) is 78.9 Å². The number of ether oxygens (including phenoxy) is 7. The van der Waals surface area contributed by atoms with E-state index in [1.165, 1.54) is 0 Å². The van der Waals surface area contributed by atoms with Gasteiger partial charge in [-0.25, -0.2) is 0 Å². The summed E-state index contributed by atoms with van der Waals surface area (Å²) in [5.41, 5.74) is 3.82. The predicted molar refractivity (Wildman–Crippen MR) is 219 cm³/mol. The van der Waals surface area contributed by atoms with Crippen LogP contribution in [0.5, 0.6) is 0 Å². The van der Waals surface area contributed by atoms with Gasteiger partial charge in [0.2, 0.25) is 0 Å². The SMILES string of the molecule is CO[C@H]1O[C@@H]2CO[Si](C(C)C)(C(C)C)O[Si](C(C)C)(C(C)C)O[C@H]2[C@@H]1O[C@@H]1O[C@H](COCc2ccccc2)[C@@H](OCc2ccccc2)[C@@H]1OCc1ccccc1. The molecule has 10 nitrogen and oxygen atoms in total. The van der Waals surface area contributed by atoms with Crippen LogP contribution < -0.4 is 0 Å². The van der Waals surface area contributed by atoms with Crippen molar-refractivity contribution >= 4 is 17.1 Å². The predicted octanol–water partition coefficient (Wildman–Crippen LogP) is 8.81. The lowest BCUT2D eigenvalue weighted by Crippen LogP contribution is -2.66. The Labute approximate surface area is 336 Å². The number of fused-ring (bicyclic) bond motifs is 1. The van der Waals surface area contributed by atoms with Crippen molar-refractivity contribution in [3.05, 3.63) is 108 Å². The van der Waals surface area contributed by atoms with Crippen LogP contribution in [-0.2, 0) is 65.9 Å². The Morgan fingerprint density at radius 3 is 1.59 bits per heavy atom. The average Bonchev–Trinajstić information content (AvgIpc) is 3.68. The molecule has 8 atom stereocenters. The second-order valence-electron chi connectivity index (χ2n) is 16.5. The molecule has 3 aromatic carbocycles. The van der Waals surface area contributed by atoms with Gasteiger partial charge >= 0.3 is 17.1 Å². The Bertz CT molecular complexity index is 1580. The van der Waals surface area contributed by atoms with Crippen LogP contribution in [0.15, 0.2) is 91.0 Å². The molecular weight excluding hydrogens is 745 g/mol. The van der Waals surface area contributed by atoms with E-state index in [-0.39, 0.29) is 28.8 Å². The average molecular weight is 809 g/mol. The maximum atomic E-state index is 7.49. The van der Waals surface area contributed by atoms with Crippen LogP contribution in [-0.4, -0.2) is 86.6 Å². The lowest BCUT2D eigenvalue weighted by molar-refractivity contribution is -0.248. The zero-order valence-corrected chi connectivity index (χ0v) is 36.7. The van der Waals surface area contributed by atoms with Gasteiger partial charge in [0.1, 0.15) is 36.6 Å². The van der Waals surface area contributed by atoms with Crippen molar-refractivity contribution in [1.29, 1.82) is 0 Å². The van der Waals surface area contributed by atoms with Crippen LogP contribution in [0.3, 0.4) is 0 Å². The van der Waals surface area contributed by atoms with Crippen LogP contribution in [0.1, 0.15) is 72.1 Å². The van der Waals surface area contributed by atoms with Crippen LogP contribution in [0.25, 0.3) is 0 Å². The molecule has 0 radical (unpaired) electrons. The molecule has 3 aliphatic heterocycles. The summed E-state index contributed by atoms with van der Waals surface area (Å²) in [6.07, 6.45) is -4.92. The monoisotopic (exact) mass is 808 g/mol. The van der Waals surface area contributed by atoms with Crippen molar-refractivity contribution in [2.45, 2.75) is 147 Å². The summed E-state index contributed by atoms with van der Waals surface area (Å²) < 4.78 is 68.4. The van der Waals surface area contributed by atoms with Crippen molar-refractivity contribution in [2.24, 2.45) is 0 Å². The Morgan fingerprint density at radius 2 is 1.09 bits per heavy atom. The van der Waals surface area contributed by atoms with E-state index >= 15 is 0 Å². The zero-order chi connectivity index (χ0) is 39.9. The molecule has 0 bridgehead atoms. The van der Waals surface area contributed by atoms with Gasteiger partial charge in [-0.1, -0.05) is 146 Å².